The summed E-state index contributed by atoms with van der Waals surface area (Å²) in [6, 6.07) is 13.3. The Morgan fingerprint density at radius 1 is 1.04 bits per heavy atom. The van der Waals surface area contributed by atoms with Gasteiger partial charge in [-0.1, -0.05) is 23.5 Å². The van der Waals surface area contributed by atoms with Crippen LogP contribution in [0.15, 0.2) is 42.6 Å². The van der Waals surface area contributed by atoms with E-state index in [4.69, 9.17) is 10.7 Å². The summed E-state index contributed by atoms with van der Waals surface area (Å²) < 4.78 is 3.09. The van der Waals surface area contributed by atoms with Crippen molar-refractivity contribution in [3.63, 3.8) is 0 Å². The van der Waals surface area contributed by atoms with E-state index in [0.29, 0.717) is 6.04 Å². The second-order valence-corrected chi connectivity index (χ2v) is 8.09. The van der Waals surface area contributed by atoms with Gasteiger partial charge in [-0.2, -0.15) is 5.10 Å². The van der Waals surface area contributed by atoms with E-state index < -0.39 is 0 Å². The van der Waals surface area contributed by atoms with Gasteiger partial charge in [-0.25, -0.2) is 4.98 Å². The minimum Gasteiger partial charge on any atom is -0.348 e. The van der Waals surface area contributed by atoms with Crippen LogP contribution in [-0.4, -0.2) is 33.9 Å². The molecule has 2 N–H and O–H groups in total. The Morgan fingerprint density at radius 2 is 1.77 bits per heavy atom. The third-order valence-electron chi connectivity index (χ3n) is 5.14. The monoisotopic (exact) mass is 363 g/mol. The molecule has 0 saturated carbocycles. The summed E-state index contributed by atoms with van der Waals surface area (Å²) in [4.78, 5) is 7.21. The zero-order valence-electron chi connectivity index (χ0n) is 14.7. The van der Waals surface area contributed by atoms with Gasteiger partial charge in [-0.3, -0.25) is 4.68 Å². The van der Waals surface area contributed by atoms with Gasteiger partial charge in [0.05, 0.1) is 15.7 Å². The first-order valence-corrected chi connectivity index (χ1v) is 9.82. The number of hydrogen-bond acceptors (Lipinski definition) is 5. The molecule has 0 unspecified atom stereocenters. The van der Waals surface area contributed by atoms with E-state index in [1.165, 1.54) is 21.2 Å². The maximum absolute atomic E-state index is 6.03. The minimum atomic E-state index is 0.342. The van der Waals surface area contributed by atoms with Crippen LogP contribution in [0.4, 0.5) is 5.13 Å². The van der Waals surface area contributed by atoms with Crippen LogP contribution in [0, 0.1) is 0 Å². The molecule has 0 spiro atoms. The van der Waals surface area contributed by atoms with Crippen LogP contribution in [0.5, 0.6) is 0 Å². The molecule has 4 aromatic rings. The molecular weight excluding hydrogens is 342 g/mol. The number of aryl methyl sites for hydroxylation is 1. The smallest absolute Gasteiger partial charge is 0.186 e. The number of fused-ring (bicyclic) bond motifs is 2. The maximum Gasteiger partial charge on any atom is 0.186 e. The Bertz CT molecular complexity index is 1090. The Hall–Kier alpha value is -2.44. The lowest BCUT2D eigenvalue weighted by Gasteiger charge is -2.29. The summed E-state index contributed by atoms with van der Waals surface area (Å²) in [5.41, 5.74) is 10.6. The molecule has 2 aromatic carbocycles. The van der Waals surface area contributed by atoms with Crippen molar-refractivity contribution < 1.29 is 0 Å². The summed E-state index contributed by atoms with van der Waals surface area (Å²) in [5, 5.41) is 6.74. The van der Waals surface area contributed by atoms with E-state index in [0.717, 1.165) is 42.1 Å². The van der Waals surface area contributed by atoms with Crippen molar-refractivity contribution in [3.8, 4) is 11.1 Å². The van der Waals surface area contributed by atoms with Crippen molar-refractivity contribution in [2.24, 2.45) is 12.8 Å². The number of nitrogens with two attached hydrogens (primary N) is 1. The molecule has 26 heavy (non-hydrogen) atoms. The average molecular weight is 363 g/mol. The molecule has 6 heteroatoms. The highest BCUT2D eigenvalue weighted by Crippen LogP contribution is 2.34. The van der Waals surface area contributed by atoms with Gasteiger partial charge in [0, 0.05) is 37.8 Å². The van der Waals surface area contributed by atoms with Crippen LogP contribution in [0.25, 0.3) is 32.2 Å². The molecule has 1 fully saturated rings. The molecule has 5 nitrogen and oxygen atoms in total. The lowest BCUT2D eigenvalue weighted by atomic mass is 10.0. The highest BCUT2D eigenvalue weighted by Gasteiger charge is 2.19. The fraction of sp³-hybridized carbons (Fsp3) is 0.300. The number of nitrogens with zero attached hydrogens (tertiary/aromatic N) is 4. The van der Waals surface area contributed by atoms with E-state index in [9.17, 15) is 0 Å². The van der Waals surface area contributed by atoms with Crippen molar-refractivity contribution in [2.75, 3.05) is 18.0 Å². The highest BCUT2D eigenvalue weighted by atomic mass is 32.1. The summed E-state index contributed by atoms with van der Waals surface area (Å²) in [6.45, 7) is 2.01. The van der Waals surface area contributed by atoms with Crippen molar-refractivity contribution in [3.05, 3.63) is 42.6 Å². The van der Waals surface area contributed by atoms with E-state index in [1.54, 1.807) is 11.3 Å². The molecule has 132 valence electrons. The molecule has 3 heterocycles. The SMILES string of the molecule is Cn1cc2cc(-c3ccc4nc(N5CCC(N)CC5)sc4c3)ccc2n1. The fourth-order valence-corrected chi connectivity index (χ4v) is 4.70. The number of hydrogen-bond donors (Lipinski definition) is 1. The summed E-state index contributed by atoms with van der Waals surface area (Å²) in [7, 11) is 1.96. The third kappa shape index (κ3) is 2.75. The lowest BCUT2D eigenvalue weighted by Crippen LogP contribution is -2.39. The van der Waals surface area contributed by atoms with Crippen LogP contribution in [0.3, 0.4) is 0 Å². The lowest BCUT2D eigenvalue weighted by molar-refractivity contribution is 0.501. The van der Waals surface area contributed by atoms with Gasteiger partial charge in [0.15, 0.2) is 5.13 Å². The maximum atomic E-state index is 6.03. The number of aromatic nitrogens is 3. The van der Waals surface area contributed by atoms with Gasteiger partial charge in [-0.15, -0.1) is 0 Å². The third-order valence-corrected chi connectivity index (χ3v) is 6.22. The largest absolute Gasteiger partial charge is 0.348 e. The molecule has 0 bridgehead atoms. The van der Waals surface area contributed by atoms with E-state index >= 15 is 0 Å². The Balaban J connectivity index is 1.50. The number of benzene rings is 2. The predicted molar refractivity (Wildman–Crippen MR) is 109 cm³/mol. The minimum absolute atomic E-state index is 0.342. The van der Waals surface area contributed by atoms with Crippen molar-refractivity contribution >= 4 is 37.6 Å². The van der Waals surface area contributed by atoms with Gasteiger partial charge in [0.25, 0.3) is 0 Å². The predicted octanol–water partition coefficient (Wildman–Crippen LogP) is 3.78. The number of piperidine rings is 1. The highest BCUT2D eigenvalue weighted by molar-refractivity contribution is 7.22. The van der Waals surface area contributed by atoms with Gasteiger partial charge in [-0.05, 0) is 48.2 Å². The van der Waals surface area contributed by atoms with Gasteiger partial charge < -0.3 is 10.6 Å². The molecule has 1 aliphatic rings. The molecule has 1 aliphatic heterocycles. The first kappa shape index (κ1) is 15.8. The molecular formula is C20H21N5S. The molecule has 1 saturated heterocycles. The van der Waals surface area contributed by atoms with Crippen LogP contribution in [0.2, 0.25) is 0 Å². The van der Waals surface area contributed by atoms with Crippen molar-refractivity contribution in [1.82, 2.24) is 14.8 Å². The zero-order chi connectivity index (χ0) is 17.7. The molecule has 5 rings (SSSR count). The number of thiazole rings is 1. The van der Waals surface area contributed by atoms with Gasteiger partial charge >= 0.3 is 0 Å². The van der Waals surface area contributed by atoms with Crippen LogP contribution in [0.1, 0.15) is 12.8 Å². The van der Waals surface area contributed by atoms with E-state index in [2.05, 4.69) is 52.6 Å². The Kier molecular flexibility index (Phi) is 3.69. The first-order chi connectivity index (χ1) is 12.7. The second-order valence-electron chi connectivity index (χ2n) is 7.08. The Morgan fingerprint density at radius 3 is 2.58 bits per heavy atom. The summed E-state index contributed by atoms with van der Waals surface area (Å²) in [5.74, 6) is 0. The van der Waals surface area contributed by atoms with Crippen LogP contribution >= 0.6 is 11.3 Å². The molecule has 0 radical (unpaired) electrons. The van der Waals surface area contributed by atoms with Gasteiger partial charge in [0.1, 0.15) is 0 Å². The number of anilines is 1. The molecule has 0 aliphatic carbocycles. The summed E-state index contributed by atoms with van der Waals surface area (Å²) >= 11 is 1.78. The topological polar surface area (TPSA) is 60.0 Å². The second kappa shape index (κ2) is 6.07. The molecule has 2 aromatic heterocycles. The standard InChI is InChI=1S/C20H21N5S/c1-24-12-15-10-13(2-4-17(15)23-24)14-3-5-18-19(11-14)26-20(22-18)25-8-6-16(21)7-9-25/h2-5,10-12,16H,6-9,21H2,1H3. The van der Waals surface area contributed by atoms with Gasteiger partial charge in [0.2, 0.25) is 0 Å². The average Bonchev–Trinajstić information content (AvgIpc) is 3.23. The number of rotatable bonds is 2. The zero-order valence-corrected chi connectivity index (χ0v) is 15.5. The van der Waals surface area contributed by atoms with E-state index in [1.807, 2.05) is 11.7 Å². The first-order valence-electron chi connectivity index (χ1n) is 9.01. The Labute approximate surface area is 156 Å². The fourth-order valence-electron chi connectivity index (χ4n) is 3.65. The van der Waals surface area contributed by atoms with Crippen molar-refractivity contribution in [2.45, 2.75) is 18.9 Å². The normalized spacial score (nSPS) is 16.0. The van der Waals surface area contributed by atoms with E-state index in [-0.39, 0.29) is 0 Å². The van der Waals surface area contributed by atoms with Crippen molar-refractivity contribution in [1.29, 1.82) is 0 Å². The molecule has 0 amide bonds. The van der Waals surface area contributed by atoms with Crippen LogP contribution < -0.4 is 10.6 Å². The summed E-state index contributed by atoms with van der Waals surface area (Å²) in [6.07, 6.45) is 4.15. The van der Waals surface area contributed by atoms with Crippen LogP contribution in [-0.2, 0) is 7.05 Å². The molecule has 0 atom stereocenters. The quantitative estimate of drug-likeness (QED) is 0.589.